The van der Waals surface area contributed by atoms with Crippen LogP contribution in [0.3, 0.4) is 0 Å². The summed E-state index contributed by atoms with van der Waals surface area (Å²) in [5.41, 5.74) is 2.93. The van der Waals surface area contributed by atoms with Gasteiger partial charge in [-0.1, -0.05) is 18.2 Å². The summed E-state index contributed by atoms with van der Waals surface area (Å²) in [6, 6.07) is 13.1. The van der Waals surface area contributed by atoms with Crippen LogP contribution in [-0.2, 0) is 4.79 Å². The molecule has 6 heteroatoms. The van der Waals surface area contributed by atoms with Crippen LogP contribution >= 0.6 is 12.6 Å². The molecule has 0 saturated carbocycles. The van der Waals surface area contributed by atoms with Crippen molar-refractivity contribution in [2.45, 2.75) is 25.2 Å². The molecule has 1 aliphatic heterocycles. The number of amides is 2. The number of thiol groups is 1. The highest BCUT2D eigenvalue weighted by Crippen LogP contribution is 2.18. The first kappa shape index (κ1) is 20.3. The first-order valence-corrected chi connectivity index (χ1v) is 9.95. The van der Waals surface area contributed by atoms with Gasteiger partial charge >= 0.3 is 0 Å². The summed E-state index contributed by atoms with van der Waals surface area (Å²) in [7, 11) is 0. The van der Waals surface area contributed by atoms with E-state index >= 15 is 0 Å². The van der Waals surface area contributed by atoms with E-state index in [-0.39, 0.29) is 18.4 Å². The Kier molecular flexibility index (Phi) is 6.62. The molecule has 0 atom stereocenters. The molecule has 3 rings (SSSR count). The Morgan fingerprint density at radius 2 is 1.68 bits per heavy atom. The van der Waals surface area contributed by atoms with Crippen molar-refractivity contribution in [2.75, 3.05) is 32.8 Å². The number of benzene rings is 2. The van der Waals surface area contributed by atoms with Gasteiger partial charge in [-0.3, -0.25) is 9.59 Å². The summed E-state index contributed by atoms with van der Waals surface area (Å²) < 4.78 is 5.68. The van der Waals surface area contributed by atoms with Gasteiger partial charge in [0.25, 0.3) is 11.8 Å². The molecule has 1 aliphatic rings. The van der Waals surface area contributed by atoms with Crippen LogP contribution < -0.4 is 4.74 Å². The SMILES string of the molecule is Cc1ccc(OCC(=O)N2CCCN(C(=O)c3ccccc3S)CC2)cc1C. The summed E-state index contributed by atoms with van der Waals surface area (Å²) in [5.74, 6) is 0.613. The molecule has 1 fully saturated rings. The molecule has 0 spiro atoms. The van der Waals surface area contributed by atoms with E-state index in [4.69, 9.17) is 4.74 Å². The van der Waals surface area contributed by atoms with Crippen molar-refractivity contribution in [3.05, 3.63) is 59.2 Å². The van der Waals surface area contributed by atoms with E-state index in [0.717, 1.165) is 12.0 Å². The zero-order valence-corrected chi connectivity index (χ0v) is 17.2. The molecule has 28 heavy (non-hydrogen) atoms. The minimum absolute atomic E-state index is 0.00984. The van der Waals surface area contributed by atoms with E-state index in [0.29, 0.717) is 42.4 Å². The van der Waals surface area contributed by atoms with E-state index in [9.17, 15) is 9.59 Å². The van der Waals surface area contributed by atoms with Gasteiger partial charge < -0.3 is 14.5 Å². The molecular formula is C22H26N2O3S. The lowest BCUT2D eigenvalue weighted by Crippen LogP contribution is -2.39. The largest absolute Gasteiger partial charge is 0.484 e. The van der Waals surface area contributed by atoms with Crippen molar-refractivity contribution in [2.24, 2.45) is 0 Å². The van der Waals surface area contributed by atoms with Gasteiger partial charge in [-0.15, -0.1) is 12.6 Å². The molecule has 148 valence electrons. The van der Waals surface area contributed by atoms with Gasteiger partial charge in [0.2, 0.25) is 0 Å². The number of carbonyl (C=O) groups is 2. The van der Waals surface area contributed by atoms with Gasteiger partial charge in [-0.05, 0) is 55.7 Å². The van der Waals surface area contributed by atoms with Gasteiger partial charge in [0.1, 0.15) is 5.75 Å². The monoisotopic (exact) mass is 398 g/mol. The van der Waals surface area contributed by atoms with Gasteiger partial charge in [0.15, 0.2) is 6.61 Å². The van der Waals surface area contributed by atoms with E-state index < -0.39 is 0 Å². The lowest BCUT2D eigenvalue weighted by atomic mass is 10.1. The Balaban J connectivity index is 1.55. The number of aryl methyl sites for hydroxylation is 2. The fraction of sp³-hybridized carbons (Fsp3) is 0.364. The lowest BCUT2D eigenvalue weighted by Gasteiger charge is -2.23. The zero-order valence-electron chi connectivity index (χ0n) is 16.4. The number of hydrogen-bond acceptors (Lipinski definition) is 4. The minimum atomic E-state index is -0.0536. The van der Waals surface area contributed by atoms with Crippen LogP contribution in [0.5, 0.6) is 5.75 Å². The maximum Gasteiger partial charge on any atom is 0.260 e. The number of carbonyl (C=O) groups excluding carboxylic acids is 2. The maximum absolute atomic E-state index is 12.8. The Hall–Kier alpha value is -2.47. The van der Waals surface area contributed by atoms with Crippen LogP contribution in [0.25, 0.3) is 0 Å². The summed E-state index contributed by atoms with van der Waals surface area (Å²) in [6.07, 6.45) is 0.746. The van der Waals surface area contributed by atoms with Crippen LogP contribution in [0.1, 0.15) is 27.9 Å². The van der Waals surface area contributed by atoms with Crippen molar-refractivity contribution in [3.63, 3.8) is 0 Å². The quantitative estimate of drug-likeness (QED) is 0.804. The highest BCUT2D eigenvalue weighted by atomic mass is 32.1. The molecule has 0 aliphatic carbocycles. The molecule has 0 bridgehead atoms. The Bertz CT molecular complexity index is 869. The molecule has 1 saturated heterocycles. The molecule has 0 N–H and O–H groups in total. The fourth-order valence-corrected chi connectivity index (χ4v) is 3.49. The van der Waals surface area contributed by atoms with Crippen molar-refractivity contribution >= 4 is 24.4 Å². The number of rotatable bonds is 4. The van der Waals surface area contributed by atoms with Crippen molar-refractivity contribution < 1.29 is 14.3 Å². The van der Waals surface area contributed by atoms with Crippen molar-refractivity contribution in [1.82, 2.24) is 9.80 Å². The molecule has 0 unspecified atom stereocenters. The molecule has 0 radical (unpaired) electrons. The van der Waals surface area contributed by atoms with Gasteiger partial charge in [-0.2, -0.15) is 0 Å². The van der Waals surface area contributed by atoms with E-state index in [1.54, 1.807) is 15.9 Å². The van der Waals surface area contributed by atoms with E-state index in [1.165, 1.54) is 5.56 Å². The van der Waals surface area contributed by atoms with Crippen LogP contribution in [-0.4, -0.2) is 54.4 Å². The summed E-state index contributed by atoms with van der Waals surface area (Å²) in [6.45, 7) is 6.35. The molecule has 2 aromatic rings. The third-order valence-electron chi connectivity index (χ3n) is 5.11. The van der Waals surface area contributed by atoms with Crippen LogP contribution in [0.4, 0.5) is 0 Å². The predicted molar refractivity (Wildman–Crippen MR) is 112 cm³/mol. The maximum atomic E-state index is 12.8. The molecule has 5 nitrogen and oxygen atoms in total. The third kappa shape index (κ3) is 4.87. The number of ether oxygens (including phenoxy) is 1. The minimum Gasteiger partial charge on any atom is -0.484 e. The Morgan fingerprint density at radius 1 is 0.964 bits per heavy atom. The smallest absolute Gasteiger partial charge is 0.260 e. The standard InChI is InChI=1S/C22H26N2O3S/c1-16-8-9-18(14-17(16)2)27-15-21(25)23-10-5-11-24(13-12-23)22(26)19-6-3-4-7-20(19)28/h3-4,6-9,14,28H,5,10-13,15H2,1-2H3. The van der Waals surface area contributed by atoms with Gasteiger partial charge in [-0.25, -0.2) is 0 Å². The van der Waals surface area contributed by atoms with Crippen LogP contribution in [0.15, 0.2) is 47.4 Å². The van der Waals surface area contributed by atoms with E-state index in [2.05, 4.69) is 12.6 Å². The summed E-state index contributed by atoms with van der Waals surface area (Å²) >= 11 is 4.38. The topological polar surface area (TPSA) is 49.9 Å². The highest BCUT2D eigenvalue weighted by Gasteiger charge is 2.23. The van der Waals surface area contributed by atoms with Gasteiger partial charge in [0, 0.05) is 31.1 Å². The summed E-state index contributed by atoms with van der Waals surface area (Å²) in [5, 5.41) is 0. The van der Waals surface area contributed by atoms with Crippen molar-refractivity contribution in [3.8, 4) is 5.75 Å². The second-order valence-corrected chi connectivity index (χ2v) is 7.56. The second kappa shape index (κ2) is 9.15. The molecule has 2 amide bonds. The second-order valence-electron chi connectivity index (χ2n) is 7.08. The Labute approximate surface area is 171 Å². The molecule has 2 aromatic carbocycles. The third-order valence-corrected chi connectivity index (χ3v) is 5.50. The zero-order chi connectivity index (χ0) is 20.1. The predicted octanol–water partition coefficient (Wildman–Crippen LogP) is 3.35. The highest BCUT2D eigenvalue weighted by molar-refractivity contribution is 7.80. The summed E-state index contributed by atoms with van der Waals surface area (Å²) in [4.78, 5) is 29.6. The van der Waals surface area contributed by atoms with Crippen LogP contribution in [0.2, 0.25) is 0 Å². The average Bonchev–Trinajstić information content (AvgIpc) is 2.95. The average molecular weight is 399 g/mol. The number of hydrogen-bond donors (Lipinski definition) is 1. The van der Waals surface area contributed by atoms with Gasteiger partial charge in [0.05, 0.1) is 5.56 Å². The van der Waals surface area contributed by atoms with E-state index in [1.807, 2.05) is 50.2 Å². The van der Waals surface area contributed by atoms with Crippen molar-refractivity contribution in [1.29, 1.82) is 0 Å². The fourth-order valence-electron chi connectivity index (χ4n) is 3.23. The first-order chi connectivity index (χ1) is 13.5. The molecular weight excluding hydrogens is 372 g/mol. The molecule has 1 heterocycles. The normalized spacial score (nSPS) is 14.5. The number of nitrogens with zero attached hydrogens (tertiary/aromatic N) is 2. The first-order valence-electron chi connectivity index (χ1n) is 9.51. The molecule has 0 aromatic heterocycles. The van der Waals surface area contributed by atoms with Crippen LogP contribution in [0, 0.1) is 13.8 Å². The Morgan fingerprint density at radius 3 is 2.43 bits per heavy atom. The lowest BCUT2D eigenvalue weighted by molar-refractivity contribution is -0.133.